The summed E-state index contributed by atoms with van der Waals surface area (Å²) in [7, 11) is 0. The van der Waals surface area contributed by atoms with Gasteiger partial charge in [0.2, 0.25) is 0 Å². The second-order valence-corrected chi connectivity index (χ2v) is 16.2. The van der Waals surface area contributed by atoms with Gasteiger partial charge in [-0.05, 0) is 102 Å². The molecule has 1 aromatic heterocycles. The Morgan fingerprint density at radius 3 is 1.80 bits per heavy atom. The van der Waals surface area contributed by atoms with Crippen molar-refractivity contribution in [2.45, 2.75) is 77.6 Å². The largest absolute Gasteiger partial charge is 0.456 e. The molecule has 2 saturated heterocycles. The van der Waals surface area contributed by atoms with Crippen LogP contribution in [0.2, 0.25) is 0 Å². The van der Waals surface area contributed by atoms with Gasteiger partial charge in [0.25, 0.3) is 0 Å². The van der Waals surface area contributed by atoms with E-state index in [0.29, 0.717) is 13.2 Å². The molecule has 3 aliphatic rings. The predicted octanol–water partition coefficient (Wildman–Crippen LogP) is 9.63. The van der Waals surface area contributed by atoms with Crippen LogP contribution in [0.4, 0.5) is 0 Å². The first-order valence-corrected chi connectivity index (χ1v) is 18.9. The molecule has 0 saturated carbocycles. The van der Waals surface area contributed by atoms with E-state index in [2.05, 4.69) is 60.0 Å². The molecule has 0 aliphatic carbocycles. The van der Waals surface area contributed by atoms with Crippen LogP contribution in [0.3, 0.4) is 0 Å². The first kappa shape index (κ1) is 34.1. The van der Waals surface area contributed by atoms with Gasteiger partial charge < -0.3 is 9.15 Å². The summed E-state index contributed by atoms with van der Waals surface area (Å²) in [6.07, 6.45) is 3.68. The highest BCUT2D eigenvalue weighted by Gasteiger charge is 2.37. The minimum Gasteiger partial charge on any atom is -0.456 e. The lowest BCUT2D eigenvalue weighted by Gasteiger charge is -2.39. The average molecular weight is 693 g/mol. The van der Waals surface area contributed by atoms with Gasteiger partial charge in [-0.2, -0.15) is 0 Å². The molecular formula is C41H44N2O4S2. The topological polar surface area (TPSA) is 63.0 Å². The highest BCUT2D eigenvalue weighted by atomic mass is 32.2. The van der Waals surface area contributed by atoms with Crippen molar-refractivity contribution in [3.63, 3.8) is 0 Å². The summed E-state index contributed by atoms with van der Waals surface area (Å²) in [4.78, 5) is 36.0. The Morgan fingerprint density at radius 2 is 1.10 bits per heavy atom. The first-order chi connectivity index (χ1) is 23.6. The quantitative estimate of drug-likeness (QED) is 0.160. The van der Waals surface area contributed by atoms with Crippen LogP contribution in [0.1, 0.15) is 67.7 Å². The molecule has 8 heteroatoms. The third kappa shape index (κ3) is 6.86. The van der Waals surface area contributed by atoms with Gasteiger partial charge in [-0.15, -0.1) is 0 Å². The fourth-order valence-corrected chi connectivity index (χ4v) is 9.36. The number of ketones is 2. The number of rotatable bonds is 6. The number of para-hydroxylation sites is 1. The van der Waals surface area contributed by atoms with E-state index in [0.717, 1.165) is 59.2 Å². The van der Waals surface area contributed by atoms with Crippen molar-refractivity contribution in [1.82, 2.24) is 9.80 Å². The number of nitrogens with zero attached hydrogens (tertiary/aromatic N) is 2. The third-order valence-electron chi connectivity index (χ3n) is 10.2. The maximum atomic E-state index is 13.2. The molecule has 5 aromatic rings. The molecule has 4 heterocycles. The summed E-state index contributed by atoms with van der Waals surface area (Å²) in [6.45, 7) is 13.2. The number of morpholine rings is 1. The summed E-state index contributed by atoms with van der Waals surface area (Å²) in [6, 6.07) is 28.4. The molecule has 8 rings (SSSR count). The van der Waals surface area contributed by atoms with E-state index in [1.165, 1.54) is 38.8 Å². The van der Waals surface area contributed by atoms with E-state index in [-0.39, 0.29) is 11.6 Å². The summed E-state index contributed by atoms with van der Waals surface area (Å²) < 4.78 is 11.3. The molecule has 0 N–H and O–H groups in total. The Labute approximate surface area is 297 Å². The molecule has 0 spiro atoms. The standard InChI is InChI=1S/C21H23NOS2.C20H21NO3/c1-21(2,22-12-6-3-7-13-22)20(23)15-10-11-18-19(14-15)25-17-9-5-4-8-16(17)24-18;1-20(2,21-9-11-23-12-10-21)19(22)14-7-8-18-16(13-14)15-5-3-4-6-17(15)24-18/h4-5,8-11,14H,3,6-7,12-13H2,1-2H3;3-8,13H,9-12H2,1-2H3. The molecule has 6 nitrogen and oxygen atoms in total. The molecule has 2 fully saturated rings. The fourth-order valence-electron chi connectivity index (χ4n) is 7.11. The lowest BCUT2D eigenvalue weighted by Crippen LogP contribution is -2.54. The van der Waals surface area contributed by atoms with Crippen LogP contribution in [0.15, 0.2) is 109 Å². The fraction of sp³-hybridized carbons (Fsp3) is 0.366. The summed E-state index contributed by atoms with van der Waals surface area (Å²) in [5, 5.41) is 2.04. The smallest absolute Gasteiger partial charge is 0.182 e. The monoisotopic (exact) mass is 692 g/mol. The number of piperidine rings is 1. The van der Waals surface area contributed by atoms with Gasteiger partial charge in [0.15, 0.2) is 11.6 Å². The zero-order valence-corrected chi connectivity index (χ0v) is 30.4. The van der Waals surface area contributed by atoms with E-state index < -0.39 is 11.1 Å². The van der Waals surface area contributed by atoms with Gasteiger partial charge in [0.05, 0.1) is 24.3 Å². The van der Waals surface area contributed by atoms with Crippen molar-refractivity contribution in [1.29, 1.82) is 0 Å². The van der Waals surface area contributed by atoms with Crippen molar-refractivity contribution in [3.8, 4) is 0 Å². The molecule has 4 aromatic carbocycles. The van der Waals surface area contributed by atoms with Gasteiger partial charge in [0, 0.05) is 54.6 Å². The zero-order chi connectivity index (χ0) is 34.2. The summed E-state index contributed by atoms with van der Waals surface area (Å²) in [5.74, 6) is 0.373. The molecule has 0 bridgehead atoms. The summed E-state index contributed by atoms with van der Waals surface area (Å²) in [5.41, 5.74) is 2.25. The Bertz CT molecular complexity index is 2000. The minimum atomic E-state index is -0.545. The number of carbonyl (C=O) groups excluding carboxylic acids is 2. The van der Waals surface area contributed by atoms with E-state index >= 15 is 0 Å². The predicted molar refractivity (Wildman–Crippen MR) is 199 cm³/mol. The number of fused-ring (bicyclic) bond motifs is 5. The number of likely N-dealkylation sites (tertiary alicyclic amines) is 1. The highest BCUT2D eigenvalue weighted by molar-refractivity contribution is 8.05. The van der Waals surface area contributed by atoms with E-state index in [9.17, 15) is 9.59 Å². The van der Waals surface area contributed by atoms with E-state index in [4.69, 9.17) is 9.15 Å². The zero-order valence-electron chi connectivity index (χ0n) is 28.8. The van der Waals surface area contributed by atoms with Gasteiger partial charge in [-0.25, -0.2) is 0 Å². The van der Waals surface area contributed by atoms with Gasteiger partial charge in [-0.3, -0.25) is 19.4 Å². The van der Waals surface area contributed by atoms with Crippen molar-refractivity contribution < 1.29 is 18.7 Å². The van der Waals surface area contributed by atoms with Crippen molar-refractivity contribution in [3.05, 3.63) is 96.1 Å². The Kier molecular flexibility index (Phi) is 9.79. The Hall–Kier alpha value is -3.40. The van der Waals surface area contributed by atoms with Crippen LogP contribution < -0.4 is 0 Å². The Balaban J connectivity index is 0.000000154. The van der Waals surface area contributed by atoms with Crippen molar-refractivity contribution in [2.24, 2.45) is 0 Å². The Morgan fingerprint density at radius 1 is 0.571 bits per heavy atom. The number of hydrogen-bond acceptors (Lipinski definition) is 8. The van der Waals surface area contributed by atoms with Gasteiger partial charge in [0.1, 0.15) is 11.2 Å². The molecule has 0 unspecified atom stereocenters. The second-order valence-electron chi connectivity index (χ2n) is 14.0. The van der Waals surface area contributed by atoms with Crippen LogP contribution in [-0.2, 0) is 4.74 Å². The minimum absolute atomic E-state index is 0.136. The lowest BCUT2D eigenvalue weighted by molar-refractivity contribution is -0.00429. The van der Waals surface area contributed by atoms with Crippen LogP contribution >= 0.6 is 23.5 Å². The molecule has 49 heavy (non-hydrogen) atoms. The third-order valence-corrected chi connectivity index (χ3v) is 12.7. The van der Waals surface area contributed by atoms with Crippen molar-refractivity contribution >= 4 is 57.0 Å². The normalized spacial score (nSPS) is 17.2. The molecule has 0 radical (unpaired) electrons. The average Bonchev–Trinajstić information content (AvgIpc) is 3.52. The molecule has 0 amide bonds. The molecular weight excluding hydrogens is 649 g/mol. The maximum absolute atomic E-state index is 13.2. The number of ether oxygens (including phenoxy) is 1. The summed E-state index contributed by atoms with van der Waals surface area (Å²) >= 11 is 3.57. The van der Waals surface area contributed by atoms with E-state index in [1.807, 2.05) is 62.4 Å². The second kappa shape index (κ2) is 14.1. The van der Waals surface area contributed by atoms with Crippen LogP contribution in [0.5, 0.6) is 0 Å². The highest BCUT2D eigenvalue weighted by Crippen LogP contribution is 2.48. The van der Waals surface area contributed by atoms with Gasteiger partial charge in [-0.1, -0.05) is 66.3 Å². The van der Waals surface area contributed by atoms with Crippen LogP contribution in [0, 0.1) is 0 Å². The number of carbonyl (C=O) groups is 2. The number of benzene rings is 4. The number of Topliss-reactive ketones (excluding diaryl/α,β-unsaturated/α-hetero) is 2. The molecule has 3 aliphatic heterocycles. The van der Waals surface area contributed by atoms with Crippen LogP contribution in [0.25, 0.3) is 21.9 Å². The number of hydrogen-bond donors (Lipinski definition) is 0. The van der Waals surface area contributed by atoms with Crippen molar-refractivity contribution in [2.75, 3.05) is 39.4 Å². The first-order valence-electron chi connectivity index (χ1n) is 17.3. The molecule has 254 valence electrons. The maximum Gasteiger partial charge on any atom is 0.182 e. The van der Waals surface area contributed by atoms with E-state index in [1.54, 1.807) is 23.5 Å². The number of furan rings is 1. The molecule has 0 atom stereocenters. The lowest BCUT2D eigenvalue weighted by atomic mass is 9.89. The van der Waals surface area contributed by atoms with Crippen LogP contribution in [-0.4, -0.2) is 71.8 Å². The SMILES string of the molecule is CC(C)(C(=O)c1ccc2c(c1)Sc1ccccc1S2)N1CCCCC1.CC(C)(C(=O)c1ccc2oc3ccccc3c2c1)N1CCOCC1. The van der Waals surface area contributed by atoms with Gasteiger partial charge >= 0.3 is 0 Å².